The van der Waals surface area contributed by atoms with Crippen LogP contribution >= 0.6 is 0 Å². The summed E-state index contributed by atoms with van der Waals surface area (Å²) >= 11 is 0. The third-order valence-electron chi connectivity index (χ3n) is 3.18. The second-order valence-electron chi connectivity index (χ2n) is 4.61. The van der Waals surface area contributed by atoms with Crippen LogP contribution in [0.4, 0.5) is 5.69 Å². The molecular weight excluding hydrogens is 304 g/mol. The maximum atomic E-state index is 12.6. The van der Waals surface area contributed by atoms with E-state index in [-0.39, 0.29) is 16.2 Å². The maximum absolute atomic E-state index is 12.6. The molecule has 1 amide bonds. The van der Waals surface area contributed by atoms with Crippen LogP contribution in [0, 0.1) is 0 Å². The number of ether oxygens (including phenoxy) is 1. The number of primary sulfonamides is 1. The third-order valence-corrected chi connectivity index (χ3v) is 4.09. The number of carbonyl (C=O) groups is 1. The molecule has 22 heavy (non-hydrogen) atoms. The molecule has 2 N–H and O–H groups in total. The zero-order valence-corrected chi connectivity index (χ0v) is 13.0. The van der Waals surface area contributed by atoms with Gasteiger partial charge in [-0.1, -0.05) is 18.2 Å². The van der Waals surface area contributed by atoms with E-state index in [1.807, 2.05) is 6.07 Å². The van der Waals surface area contributed by atoms with Gasteiger partial charge >= 0.3 is 0 Å². The molecule has 0 aliphatic carbocycles. The molecule has 0 heterocycles. The summed E-state index contributed by atoms with van der Waals surface area (Å²) in [5.74, 6) is -0.117. The minimum absolute atomic E-state index is 0.125. The first kappa shape index (κ1) is 16.0. The van der Waals surface area contributed by atoms with Gasteiger partial charge in [-0.15, -0.1) is 0 Å². The molecule has 2 aromatic rings. The van der Waals surface area contributed by atoms with Crippen molar-refractivity contribution in [3.63, 3.8) is 0 Å². The van der Waals surface area contributed by atoms with Crippen molar-refractivity contribution in [1.82, 2.24) is 0 Å². The van der Waals surface area contributed by atoms with Crippen molar-refractivity contribution >= 4 is 21.6 Å². The Morgan fingerprint density at radius 2 is 1.77 bits per heavy atom. The van der Waals surface area contributed by atoms with E-state index in [1.54, 1.807) is 31.3 Å². The van der Waals surface area contributed by atoms with Crippen LogP contribution < -0.4 is 14.8 Å². The van der Waals surface area contributed by atoms with E-state index >= 15 is 0 Å². The van der Waals surface area contributed by atoms with Crippen LogP contribution in [-0.4, -0.2) is 28.5 Å². The first-order valence-corrected chi connectivity index (χ1v) is 7.93. The van der Waals surface area contributed by atoms with Gasteiger partial charge < -0.3 is 9.64 Å². The lowest BCUT2D eigenvalue weighted by Crippen LogP contribution is -2.27. The van der Waals surface area contributed by atoms with Crippen molar-refractivity contribution < 1.29 is 17.9 Å². The quantitative estimate of drug-likeness (QED) is 0.927. The Hall–Kier alpha value is -2.38. The average molecular weight is 320 g/mol. The summed E-state index contributed by atoms with van der Waals surface area (Å²) in [4.78, 5) is 13.9. The minimum Gasteiger partial charge on any atom is -0.496 e. The van der Waals surface area contributed by atoms with E-state index < -0.39 is 15.9 Å². The molecule has 0 bridgehead atoms. The Bertz CT molecular complexity index is 788. The first-order chi connectivity index (χ1) is 10.3. The van der Waals surface area contributed by atoms with Crippen LogP contribution in [0.3, 0.4) is 0 Å². The minimum atomic E-state index is -3.90. The van der Waals surface area contributed by atoms with Gasteiger partial charge in [0.1, 0.15) is 5.75 Å². The molecule has 6 nitrogen and oxygen atoms in total. The van der Waals surface area contributed by atoms with Crippen molar-refractivity contribution in [1.29, 1.82) is 0 Å². The first-order valence-electron chi connectivity index (χ1n) is 6.38. The molecule has 0 aliphatic heterocycles. The van der Waals surface area contributed by atoms with Crippen molar-refractivity contribution in [3.05, 3.63) is 54.1 Å². The molecule has 0 atom stereocenters. The topological polar surface area (TPSA) is 89.7 Å². The Labute approximate surface area is 129 Å². The summed E-state index contributed by atoms with van der Waals surface area (Å²) in [6.07, 6.45) is 0. The van der Waals surface area contributed by atoms with Gasteiger partial charge in [-0.3, -0.25) is 4.79 Å². The molecule has 0 saturated heterocycles. The largest absolute Gasteiger partial charge is 0.496 e. The summed E-state index contributed by atoms with van der Waals surface area (Å²) in [7, 11) is -0.895. The molecule has 0 unspecified atom stereocenters. The average Bonchev–Trinajstić information content (AvgIpc) is 2.52. The highest BCUT2D eigenvalue weighted by Gasteiger charge is 2.20. The van der Waals surface area contributed by atoms with Gasteiger partial charge in [0.05, 0.1) is 17.6 Å². The normalized spacial score (nSPS) is 11.0. The zero-order chi connectivity index (χ0) is 16.3. The highest BCUT2D eigenvalue weighted by Crippen LogP contribution is 2.25. The number of hydrogen-bond acceptors (Lipinski definition) is 4. The number of nitrogens with two attached hydrogens (primary N) is 1. The zero-order valence-electron chi connectivity index (χ0n) is 12.2. The molecule has 2 aromatic carbocycles. The number of amides is 1. The molecule has 0 fully saturated rings. The Kier molecular flexibility index (Phi) is 4.48. The number of methoxy groups -OCH3 is 1. The van der Waals surface area contributed by atoms with Crippen LogP contribution in [0.15, 0.2) is 53.4 Å². The Morgan fingerprint density at radius 3 is 2.32 bits per heavy atom. The number of sulfonamides is 1. The molecule has 2 rings (SSSR count). The number of carbonyl (C=O) groups excluding carboxylic acids is 1. The number of benzene rings is 2. The van der Waals surface area contributed by atoms with Crippen LogP contribution in [-0.2, 0) is 10.0 Å². The molecule has 0 aliphatic rings. The Morgan fingerprint density at radius 1 is 1.14 bits per heavy atom. The van der Waals surface area contributed by atoms with Gasteiger partial charge in [0.15, 0.2) is 0 Å². The summed E-state index contributed by atoms with van der Waals surface area (Å²) in [5, 5.41) is 5.11. The van der Waals surface area contributed by atoms with E-state index in [4.69, 9.17) is 9.88 Å². The summed E-state index contributed by atoms with van der Waals surface area (Å²) in [6.45, 7) is 0. The fourth-order valence-electron chi connectivity index (χ4n) is 1.98. The lowest BCUT2D eigenvalue weighted by molar-refractivity contribution is 0.0990. The lowest BCUT2D eigenvalue weighted by atomic mass is 10.1. The number of rotatable bonds is 4. The van der Waals surface area contributed by atoms with Crippen molar-refractivity contribution in [2.75, 3.05) is 19.1 Å². The molecule has 7 heteroatoms. The number of anilines is 1. The van der Waals surface area contributed by atoms with Gasteiger partial charge in [0.2, 0.25) is 10.0 Å². The lowest BCUT2D eigenvalue weighted by Gasteiger charge is -2.19. The summed E-state index contributed by atoms with van der Waals surface area (Å²) in [5.41, 5.74) is 0.802. The third kappa shape index (κ3) is 3.26. The predicted molar refractivity (Wildman–Crippen MR) is 83.5 cm³/mol. The van der Waals surface area contributed by atoms with Gasteiger partial charge in [-0.2, -0.15) is 0 Å². The smallest absolute Gasteiger partial charge is 0.261 e. The fraction of sp³-hybridized carbons (Fsp3) is 0.133. The van der Waals surface area contributed by atoms with Gasteiger partial charge in [0, 0.05) is 12.7 Å². The molecule has 0 aromatic heterocycles. The van der Waals surface area contributed by atoms with Crippen molar-refractivity contribution in [3.8, 4) is 5.75 Å². The van der Waals surface area contributed by atoms with E-state index in [1.165, 1.54) is 30.2 Å². The van der Waals surface area contributed by atoms with Gasteiger partial charge in [0.25, 0.3) is 5.91 Å². The van der Waals surface area contributed by atoms with Crippen LogP contribution in [0.5, 0.6) is 5.75 Å². The molecule has 0 spiro atoms. The second-order valence-corrected chi connectivity index (χ2v) is 6.17. The number of nitrogens with zero attached hydrogens (tertiary/aromatic N) is 1. The standard InChI is InChI=1S/C15H16N2O4S/c1-17(11-6-4-3-5-7-11)15(18)13-10-12(22(16,19)20)8-9-14(13)21-2/h3-10H,1-2H3,(H2,16,19,20). The number of hydrogen-bond donors (Lipinski definition) is 1. The SMILES string of the molecule is COc1ccc(S(N)(=O)=O)cc1C(=O)N(C)c1ccccc1. The summed E-state index contributed by atoms with van der Waals surface area (Å²) in [6, 6.07) is 12.9. The number of para-hydroxylation sites is 1. The van der Waals surface area contributed by atoms with Crippen molar-refractivity contribution in [2.45, 2.75) is 4.90 Å². The highest BCUT2D eigenvalue weighted by molar-refractivity contribution is 7.89. The molecule has 0 saturated carbocycles. The molecule has 0 radical (unpaired) electrons. The Balaban J connectivity index is 2.48. The van der Waals surface area contributed by atoms with E-state index in [9.17, 15) is 13.2 Å². The van der Waals surface area contributed by atoms with Crippen molar-refractivity contribution in [2.24, 2.45) is 5.14 Å². The molecule has 116 valence electrons. The maximum Gasteiger partial charge on any atom is 0.261 e. The fourth-order valence-corrected chi connectivity index (χ4v) is 2.52. The monoisotopic (exact) mass is 320 g/mol. The van der Waals surface area contributed by atoms with Crippen LogP contribution in [0.1, 0.15) is 10.4 Å². The van der Waals surface area contributed by atoms with E-state index in [2.05, 4.69) is 0 Å². The second kappa shape index (κ2) is 6.17. The highest BCUT2D eigenvalue weighted by atomic mass is 32.2. The van der Waals surface area contributed by atoms with Crippen LogP contribution in [0.2, 0.25) is 0 Å². The van der Waals surface area contributed by atoms with Gasteiger partial charge in [-0.25, -0.2) is 13.6 Å². The van der Waals surface area contributed by atoms with Gasteiger partial charge in [-0.05, 0) is 30.3 Å². The van der Waals surface area contributed by atoms with Crippen LogP contribution in [0.25, 0.3) is 0 Å². The summed E-state index contributed by atoms with van der Waals surface area (Å²) < 4.78 is 28.1. The van der Waals surface area contributed by atoms with E-state index in [0.717, 1.165) is 0 Å². The molecular formula is C15H16N2O4S. The van der Waals surface area contributed by atoms with E-state index in [0.29, 0.717) is 5.69 Å². The predicted octanol–water partition coefficient (Wildman–Crippen LogP) is 1.62.